The van der Waals surface area contributed by atoms with Gasteiger partial charge in [-0.25, -0.2) is 4.39 Å². The molecule has 1 aromatic rings. The molecule has 0 radical (unpaired) electrons. The molecule has 1 saturated heterocycles. The predicted molar refractivity (Wildman–Crippen MR) is 61.1 cm³/mol. The fourth-order valence-electron chi connectivity index (χ4n) is 1.90. The second kappa shape index (κ2) is 5.09. The van der Waals surface area contributed by atoms with Crippen molar-refractivity contribution in [2.75, 3.05) is 19.6 Å². The minimum atomic E-state index is -0.751. The summed E-state index contributed by atoms with van der Waals surface area (Å²) in [5.41, 5.74) is 5.13. The summed E-state index contributed by atoms with van der Waals surface area (Å²) >= 11 is 0. The van der Waals surface area contributed by atoms with Gasteiger partial charge in [0.05, 0.1) is 11.8 Å². The lowest BCUT2D eigenvalue weighted by Gasteiger charge is -2.34. The molecular weight excluding hydrogens is 239 g/mol. The van der Waals surface area contributed by atoms with Gasteiger partial charge in [0.2, 0.25) is 5.91 Å². The van der Waals surface area contributed by atoms with Crippen molar-refractivity contribution in [2.45, 2.75) is 6.04 Å². The molecule has 0 aliphatic carbocycles. The molecule has 0 spiro atoms. The van der Waals surface area contributed by atoms with Gasteiger partial charge in [-0.05, 0) is 6.07 Å². The third-order valence-corrected chi connectivity index (χ3v) is 2.84. The summed E-state index contributed by atoms with van der Waals surface area (Å²) in [6.07, 6.45) is 2.30. The van der Waals surface area contributed by atoms with E-state index in [1.807, 2.05) is 0 Å². The van der Waals surface area contributed by atoms with E-state index >= 15 is 0 Å². The van der Waals surface area contributed by atoms with Crippen LogP contribution in [0.3, 0.4) is 0 Å². The molecule has 2 rings (SSSR count). The molecule has 0 bridgehead atoms. The van der Waals surface area contributed by atoms with Crippen molar-refractivity contribution in [2.24, 2.45) is 5.73 Å². The Morgan fingerprint density at radius 3 is 3.00 bits per heavy atom. The van der Waals surface area contributed by atoms with E-state index in [1.165, 1.54) is 17.2 Å². The zero-order valence-electron chi connectivity index (χ0n) is 9.60. The van der Waals surface area contributed by atoms with Crippen molar-refractivity contribution >= 4 is 11.8 Å². The van der Waals surface area contributed by atoms with Crippen molar-refractivity contribution in [1.82, 2.24) is 15.2 Å². The average Bonchev–Trinajstić information content (AvgIpc) is 2.38. The van der Waals surface area contributed by atoms with Gasteiger partial charge < -0.3 is 16.0 Å². The quantitative estimate of drug-likeness (QED) is 0.715. The molecular formula is C11H13FN4O2. The molecule has 2 amide bonds. The number of amides is 2. The summed E-state index contributed by atoms with van der Waals surface area (Å²) in [4.78, 5) is 28.3. The van der Waals surface area contributed by atoms with Gasteiger partial charge in [0, 0.05) is 25.8 Å². The van der Waals surface area contributed by atoms with E-state index in [1.54, 1.807) is 0 Å². The Hall–Kier alpha value is -2.02. The number of piperazine rings is 1. The molecule has 1 fully saturated rings. The number of nitrogens with zero attached hydrogens (tertiary/aromatic N) is 2. The zero-order chi connectivity index (χ0) is 13.1. The van der Waals surface area contributed by atoms with Crippen LogP contribution in [0.1, 0.15) is 10.4 Å². The van der Waals surface area contributed by atoms with Gasteiger partial charge >= 0.3 is 0 Å². The Labute approximate surface area is 103 Å². The Kier molecular flexibility index (Phi) is 3.52. The molecule has 96 valence electrons. The van der Waals surface area contributed by atoms with Gasteiger partial charge in [-0.15, -0.1) is 0 Å². The van der Waals surface area contributed by atoms with Gasteiger partial charge in [-0.2, -0.15) is 0 Å². The van der Waals surface area contributed by atoms with E-state index in [-0.39, 0.29) is 12.1 Å². The Bertz CT molecular complexity index is 480. The van der Waals surface area contributed by atoms with E-state index in [9.17, 15) is 14.0 Å². The molecule has 1 aromatic heterocycles. The number of carbonyl (C=O) groups is 2. The summed E-state index contributed by atoms with van der Waals surface area (Å²) in [7, 11) is 0. The first-order chi connectivity index (χ1) is 8.61. The van der Waals surface area contributed by atoms with Gasteiger partial charge in [0.15, 0.2) is 5.82 Å². The fraction of sp³-hybridized carbons (Fsp3) is 0.364. The number of hydrogen-bond acceptors (Lipinski definition) is 4. The largest absolute Gasteiger partial charge is 0.368 e. The maximum Gasteiger partial charge on any atom is 0.257 e. The van der Waals surface area contributed by atoms with Gasteiger partial charge in [-0.1, -0.05) is 0 Å². The highest BCUT2D eigenvalue weighted by atomic mass is 19.1. The van der Waals surface area contributed by atoms with E-state index in [0.717, 1.165) is 6.20 Å². The molecule has 1 aliphatic heterocycles. The third-order valence-electron chi connectivity index (χ3n) is 2.84. The molecule has 1 unspecified atom stereocenters. The van der Waals surface area contributed by atoms with Crippen LogP contribution >= 0.6 is 0 Å². The first-order valence-electron chi connectivity index (χ1n) is 5.52. The summed E-state index contributed by atoms with van der Waals surface area (Å²) in [5.74, 6) is -1.85. The Morgan fingerprint density at radius 2 is 2.33 bits per heavy atom. The molecule has 0 saturated carbocycles. The SMILES string of the molecule is NC(=O)C1CNCCN1C(=O)c1ccncc1F. The van der Waals surface area contributed by atoms with Crippen LogP contribution in [0.25, 0.3) is 0 Å². The molecule has 0 aromatic carbocycles. The van der Waals surface area contributed by atoms with Crippen LogP contribution < -0.4 is 11.1 Å². The van der Waals surface area contributed by atoms with Crippen molar-refractivity contribution in [3.05, 3.63) is 29.8 Å². The molecule has 1 aliphatic rings. The number of nitrogens with one attached hydrogen (secondary N) is 1. The topological polar surface area (TPSA) is 88.3 Å². The molecule has 18 heavy (non-hydrogen) atoms. The van der Waals surface area contributed by atoms with Crippen LogP contribution in [0.4, 0.5) is 4.39 Å². The maximum absolute atomic E-state index is 13.5. The fourth-order valence-corrected chi connectivity index (χ4v) is 1.90. The Balaban J connectivity index is 2.27. The van der Waals surface area contributed by atoms with Crippen LogP contribution in [0.5, 0.6) is 0 Å². The monoisotopic (exact) mass is 252 g/mol. The minimum Gasteiger partial charge on any atom is -0.368 e. The first-order valence-corrected chi connectivity index (χ1v) is 5.52. The van der Waals surface area contributed by atoms with Crippen LogP contribution in [-0.2, 0) is 4.79 Å². The lowest BCUT2D eigenvalue weighted by atomic mass is 10.1. The predicted octanol–water partition coefficient (Wildman–Crippen LogP) is -0.880. The van der Waals surface area contributed by atoms with Crippen LogP contribution in [-0.4, -0.2) is 47.4 Å². The molecule has 3 N–H and O–H groups in total. The normalized spacial score (nSPS) is 19.6. The van der Waals surface area contributed by atoms with Crippen LogP contribution in [0.15, 0.2) is 18.5 Å². The van der Waals surface area contributed by atoms with E-state index in [2.05, 4.69) is 10.3 Å². The third kappa shape index (κ3) is 2.30. The first kappa shape index (κ1) is 12.4. The van der Waals surface area contributed by atoms with Crippen molar-refractivity contribution in [1.29, 1.82) is 0 Å². The van der Waals surface area contributed by atoms with Gasteiger partial charge in [-0.3, -0.25) is 14.6 Å². The second-order valence-electron chi connectivity index (χ2n) is 3.98. The summed E-state index contributed by atoms with van der Waals surface area (Å²) in [5, 5.41) is 2.97. The van der Waals surface area contributed by atoms with Crippen LogP contribution in [0.2, 0.25) is 0 Å². The number of aromatic nitrogens is 1. The minimum absolute atomic E-state index is 0.0989. The van der Waals surface area contributed by atoms with Gasteiger partial charge in [0.1, 0.15) is 6.04 Å². The number of halogens is 1. The summed E-state index contributed by atoms with van der Waals surface area (Å²) in [6, 6.07) is 0.538. The zero-order valence-corrected chi connectivity index (χ0v) is 9.60. The van der Waals surface area contributed by atoms with E-state index < -0.39 is 23.7 Å². The molecule has 1 atom stereocenters. The molecule has 7 heteroatoms. The number of pyridine rings is 1. The number of nitrogens with two attached hydrogens (primary N) is 1. The highest BCUT2D eigenvalue weighted by Crippen LogP contribution is 2.12. The second-order valence-corrected chi connectivity index (χ2v) is 3.98. The molecule has 6 nitrogen and oxygen atoms in total. The van der Waals surface area contributed by atoms with E-state index in [0.29, 0.717) is 13.1 Å². The standard InChI is InChI=1S/C11H13FN4O2/c12-8-5-14-2-1-7(8)11(18)16-4-3-15-6-9(16)10(13)17/h1-2,5,9,15H,3-4,6H2,(H2,13,17). The smallest absolute Gasteiger partial charge is 0.257 e. The maximum atomic E-state index is 13.5. The summed E-state index contributed by atoms with van der Waals surface area (Å²) in [6.45, 7) is 1.14. The van der Waals surface area contributed by atoms with Crippen molar-refractivity contribution < 1.29 is 14.0 Å². The lowest BCUT2D eigenvalue weighted by molar-refractivity contribution is -0.122. The summed E-state index contributed by atoms with van der Waals surface area (Å²) < 4.78 is 13.5. The average molecular weight is 252 g/mol. The number of hydrogen-bond donors (Lipinski definition) is 2. The Morgan fingerprint density at radius 1 is 1.56 bits per heavy atom. The number of carbonyl (C=O) groups excluding carboxylic acids is 2. The van der Waals surface area contributed by atoms with E-state index in [4.69, 9.17) is 5.73 Å². The lowest BCUT2D eigenvalue weighted by Crippen LogP contribution is -2.58. The number of primary amides is 1. The molecule has 2 heterocycles. The van der Waals surface area contributed by atoms with Crippen molar-refractivity contribution in [3.8, 4) is 0 Å². The van der Waals surface area contributed by atoms with Crippen molar-refractivity contribution in [3.63, 3.8) is 0 Å². The van der Waals surface area contributed by atoms with Crippen LogP contribution in [0, 0.1) is 5.82 Å². The number of rotatable bonds is 2. The highest BCUT2D eigenvalue weighted by molar-refractivity contribution is 5.97. The van der Waals surface area contributed by atoms with Gasteiger partial charge in [0.25, 0.3) is 5.91 Å². The highest BCUT2D eigenvalue weighted by Gasteiger charge is 2.32.